The van der Waals surface area contributed by atoms with E-state index in [1.807, 2.05) is 34.6 Å². The van der Waals surface area contributed by atoms with E-state index in [1.165, 1.54) is 6.07 Å². The fourth-order valence-corrected chi connectivity index (χ4v) is 4.13. The second kappa shape index (κ2) is 9.29. The number of fused-ring (bicyclic) bond motifs is 1. The highest BCUT2D eigenvalue weighted by Gasteiger charge is 2.26. The van der Waals surface area contributed by atoms with Gasteiger partial charge in [0.2, 0.25) is 5.91 Å². The van der Waals surface area contributed by atoms with Gasteiger partial charge in [-0.3, -0.25) is 9.59 Å². The molecule has 1 aromatic carbocycles. The Morgan fingerprint density at radius 3 is 2.68 bits per heavy atom. The summed E-state index contributed by atoms with van der Waals surface area (Å²) in [6.45, 7) is 3.64. The highest BCUT2D eigenvalue weighted by molar-refractivity contribution is 5.93. The molecule has 0 unspecified atom stereocenters. The maximum absolute atomic E-state index is 13.6. The van der Waals surface area contributed by atoms with Crippen molar-refractivity contribution in [2.24, 2.45) is 5.92 Å². The molecule has 2 aromatic heterocycles. The summed E-state index contributed by atoms with van der Waals surface area (Å²) in [5.41, 5.74) is 2.89. The first-order chi connectivity index (χ1) is 15.0. The number of nitrogens with zero attached hydrogens (tertiary/aromatic N) is 3. The Hall–Kier alpha value is -3.22. The predicted octanol–water partition coefficient (Wildman–Crippen LogP) is 3.38. The topological polar surface area (TPSA) is 66.7 Å². The van der Waals surface area contributed by atoms with Crippen LogP contribution in [0.1, 0.15) is 40.9 Å². The van der Waals surface area contributed by atoms with Gasteiger partial charge in [0, 0.05) is 38.4 Å². The summed E-state index contributed by atoms with van der Waals surface area (Å²) in [4.78, 5) is 31.4. The standard InChI is InChI=1S/C24H27FN4O2/c1-17-5-4-12-29-16-21(27-23(17)29)24(31)28-13-9-18(10-14-28)15-22(30)26-11-8-19-6-2-3-7-20(19)25/h2-7,12,16,18H,8-11,13-15H2,1H3,(H,26,30). The first-order valence-electron chi connectivity index (χ1n) is 10.7. The van der Waals surface area contributed by atoms with E-state index in [0.29, 0.717) is 43.7 Å². The number of hydrogen-bond donors (Lipinski definition) is 1. The van der Waals surface area contributed by atoms with Crippen molar-refractivity contribution in [3.63, 3.8) is 0 Å². The van der Waals surface area contributed by atoms with Crippen LogP contribution in [0, 0.1) is 18.7 Å². The van der Waals surface area contributed by atoms with Crippen LogP contribution in [-0.4, -0.2) is 45.7 Å². The van der Waals surface area contributed by atoms with Crippen molar-refractivity contribution in [3.05, 3.63) is 71.4 Å². The van der Waals surface area contributed by atoms with Crippen molar-refractivity contribution in [3.8, 4) is 0 Å². The highest BCUT2D eigenvalue weighted by Crippen LogP contribution is 2.22. The molecule has 1 aliphatic heterocycles. The minimum absolute atomic E-state index is 0.0167. The van der Waals surface area contributed by atoms with Crippen molar-refractivity contribution in [2.45, 2.75) is 32.6 Å². The lowest BCUT2D eigenvalue weighted by Crippen LogP contribution is -2.40. The van der Waals surface area contributed by atoms with Crippen molar-refractivity contribution >= 4 is 17.5 Å². The van der Waals surface area contributed by atoms with Gasteiger partial charge >= 0.3 is 0 Å². The predicted molar refractivity (Wildman–Crippen MR) is 116 cm³/mol. The molecule has 3 aromatic rings. The van der Waals surface area contributed by atoms with Crippen molar-refractivity contribution < 1.29 is 14.0 Å². The van der Waals surface area contributed by atoms with Gasteiger partial charge in [-0.25, -0.2) is 9.37 Å². The number of piperidine rings is 1. The van der Waals surface area contributed by atoms with Crippen molar-refractivity contribution in [1.82, 2.24) is 19.6 Å². The third-order valence-electron chi connectivity index (χ3n) is 5.95. The molecular formula is C24H27FN4O2. The molecule has 1 aliphatic rings. The molecule has 4 rings (SSSR count). The summed E-state index contributed by atoms with van der Waals surface area (Å²) >= 11 is 0. The minimum atomic E-state index is -0.241. The summed E-state index contributed by atoms with van der Waals surface area (Å²) < 4.78 is 15.5. The van der Waals surface area contributed by atoms with Gasteiger partial charge in [-0.15, -0.1) is 0 Å². The molecule has 0 spiro atoms. The fourth-order valence-electron chi connectivity index (χ4n) is 4.13. The number of carbonyl (C=O) groups excluding carboxylic acids is 2. The molecule has 31 heavy (non-hydrogen) atoms. The molecule has 0 atom stereocenters. The first kappa shape index (κ1) is 21.0. The first-order valence-corrected chi connectivity index (χ1v) is 10.7. The van der Waals surface area contributed by atoms with E-state index in [4.69, 9.17) is 0 Å². The Kier molecular flexibility index (Phi) is 6.30. The van der Waals surface area contributed by atoms with Crippen LogP contribution in [0.25, 0.3) is 5.65 Å². The summed E-state index contributed by atoms with van der Waals surface area (Å²) in [5.74, 6) is -0.0665. The van der Waals surface area contributed by atoms with Gasteiger partial charge in [0.25, 0.3) is 5.91 Å². The smallest absolute Gasteiger partial charge is 0.274 e. The van der Waals surface area contributed by atoms with E-state index < -0.39 is 0 Å². The number of likely N-dealkylation sites (tertiary alicyclic amines) is 1. The average Bonchev–Trinajstić information content (AvgIpc) is 3.21. The SMILES string of the molecule is Cc1cccn2cc(C(=O)N3CCC(CC(=O)NCCc4ccccc4F)CC3)nc12. The molecule has 1 N–H and O–H groups in total. The van der Waals surface area contributed by atoms with Crippen molar-refractivity contribution in [1.29, 1.82) is 0 Å². The Labute approximate surface area is 181 Å². The molecule has 2 amide bonds. The summed E-state index contributed by atoms with van der Waals surface area (Å²) in [6.07, 6.45) is 6.16. The quantitative estimate of drug-likeness (QED) is 0.662. The van der Waals surface area contributed by atoms with Gasteiger partial charge in [0.15, 0.2) is 0 Å². The number of rotatable bonds is 6. The maximum Gasteiger partial charge on any atom is 0.274 e. The molecule has 3 heterocycles. The number of imidazole rings is 1. The molecule has 0 radical (unpaired) electrons. The number of aryl methyl sites for hydroxylation is 1. The zero-order valence-electron chi connectivity index (χ0n) is 17.7. The van der Waals surface area contributed by atoms with E-state index >= 15 is 0 Å². The number of amides is 2. The molecule has 162 valence electrons. The Bertz CT molecular complexity index is 1090. The molecule has 7 heteroatoms. The number of nitrogens with one attached hydrogen (secondary N) is 1. The molecular weight excluding hydrogens is 395 g/mol. The lowest BCUT2D eigenvalue weighted by atomic mass is 9.93. The molecule has 6 nitrogen and oxygen atoms in total. The number of aromatic nitrogens is 2. The Morgan fingerprint density at radius 1 is 1.16 bits per heavy atom. The lowest BCUT2D eigenvalue weighted by Gasteiger charge is -2.31. The molecule has 0 saturated carbocycles. The highest BCUT2D eigenvalue weighted by atomic mass is 19.1. The van der Waals surface area contributed by atoms with E-state index in [0.717, 1.165) is 24.1 Å². The molecule has 0 aliphatic carbocycles. The monoisotopic (exact) mass is 422 g/mol. The second-order valence-corrected chi connectivity index (χ2v) is 8.18. The van der Waals surface area contributed by atoms with Gasteiger partial charge in [-0.05, 0) is 55.4 Å². The number of benzene rings is 1. The van der Waals surface area contributed by atoms with Gasteiger partial charge in [0.05, 0.1) is 0 Å². The zero-order chi connectivity index (χ0) is 21.8. The van der Waals surface area contributed by atoms with E-state index in [-0.39, 0.29) is 23.5 Å². The minimum Gasteiger partial charge on any atom is -0.356 e. The van der Waals surface area contributed by atoms with Crippen LogP contribution in [0.4, 0.5) is 4.39 Å². The maximum atomic E-state index is 13.6. The number of carbonyl (C=O) groups is 2. The van der Waals surface area contributed by atoms with Crippen LogP contribution in [0.2, 0.25) is 0 Å². The number of hydrogen-bond acceptors (Lipinski definition) is 3. The summed E-state index contributed by atoms with van der Waals surface area (Å²) in [5, 5.41) is 2.89. The van der Waals surface area contributed by atoms with E-state index in [1.54, 1.807) is 24.4 Å². The van der Waals surface area contributed by atoms with Gasteiger partial charge in [-0.2, -0.15) is 0 Å². The molecule has 1 saturated heterocycles. The van der Waals surface area contributed by atoms with Crippen LogP contribution in [0.5, 0.6) is 0 Å². The van der Waals surface area contributed by atoms with Gasteiger partial charge < -0.3 is 14.6 Å². The van der Waals surface area contributed by atoms with Crippen LogP contribution in [0.15, 0.2) is 48.8 Å². The fraction of sp³-hybridized carbons (Fsp3) is 0.375. The Morgan fingerprint density at radius 2 is 1.94 bits per heavy atom. The van der Waals surface area contributed by atoms with E-state index in [9.17, 15) is 14.0 Å². The van der Waals surface area contributed by atoms with Gasteiger partial charge in [0.1, 0.15) is 17.2 Å². The average molecular weight is 423 g/mol. The summed E-state index contributed by atoms with van der Waals surface area (Å²) in [6, 6.07) is 10.5. The second-order valence-electron chi connectivity index (χ2n) is 8.18. The van der Waals surface area contributed by atoms with E-state index in [2.05, 4.69) is 10.3 Å². The number of halogens is 1. The summed E-state index contributed by atoms with van der Waals surface area (Å²) in [7, 11) is 0. The number of pyridine rings is 1. The zero-order valence-corrected chi connectivity index (χ0v) is 17.7. The lowest BCUT2D eigenvalue weighted by molar-refractivity contribution is -0.122. The van der Waals surface area contributed by atoms with Crippen LogP contribution < -0.4 is 5.32 Å². The van der Waals surface area contributed by atoms with Crippen LogP contribution in [0.3, 0.4) is 0 Å². The van der Waals surface area contributed by atoms with Crippen molar-refractivity contribution in [2.75, 3.05) is 19.6 Å². The normalized spacial score (nSPS) is 14.7. The van der Waals surface area contributed by atoms with Crippen LogP contribution >= 0.6 is 0 Å². The third kappa shape index (κ3) is 4.93. The molecule has 0 bridgehead atoms. The largest absolute Gasteiger partial charge is 0.356 e. The third-order valence-corrected chi connectivity index (χ3v) is 5.95. The Balaban J connectivity index is 1.23. The van der Waals surface area contributed by atoms with Crippen LogP contribution in [-0.2, 0) is 11.2 Å². The van der Waals surface area contributed by atoms with Gasteiger partial charge in [-0.1, -0.05) is 24.3 Å². The molecule has 1 fully saturated rings.